The molecule has 0 radical (unpaired) electrons. The van der Waals surface area contributed by atoms with Crippen molar-refractivity contribution >= 4 is 15.8 Å². The summed E-state index contributed by atoms with van der Waals surface area (Å²) in [6.45, 7) is 3.85. The van der Waals surface area contributed by atoms with Gasteiger partial charge in [-0.15, -0.1) is 0 Å². The molecule has 0 fully saturated rings. The van der Waals surface area contributed by atoms with Gasteiger partial charge in [-0.05, 0) is 31.5 Å². The van der Waals surface area contributed by atoms with E-state index in [4.69, 9.17) is 5.73 Å². The molecule has 1 unspecified atom stereocenters. The van der Waals surface area contributed by atoms with E-state index in [2.05, 4.69) is 5.10 Å². The number of aromatic nitrogens is 2. The summed E-state index contributed by atoms with van der Waals surface area (Å²) in [6.07, 6.45) is 0. The molecule has 2 aromatic rings. The van der Waals surface area contributed by atoms with E-state index in [0.29, 0.717) is 5.82 Å². The first-order valence-electron chi connectivity index (χ1n) is 6.57. The monoisotopic (exact) mass is 308 g/mol. The van der Waals surface area contributed by atoms with Crippen molar-refractivity contribution < 1.29 is 8.42 Å². The first-order chi connectivity index (χ1) is 9.73. The Bertz CT molecular complexity index is 733. The third-order valence-electron chi connectivity index (χ3n) is 3.39. The molecule has 2 N–H and O–H groups in total. The van der Waals surface area contributed by atoms with Gasteiger partial charge in [0.25, 0.3) is 0 Å². The number of anilines is 1. The van der Waals surface area contributed by atoms with Gasteiger partial charge in [0, 0.05) is 20.2 Å². The molecule has 1 heterocycles. The van der Waals surface area contributed by atoms with Crippen molar-refractivity contribution in [1.82, 2.24) is 14.1 Å². The van der Waals surface area contributed by atoms with Gasteiger partial charge in [0.15, 0.2) is 0 Å². The van der Waals surface area contributed by atoms with Crippen LogP contribution in [0, 0.1) is 6.92 Å². The summed E-state index contributed by atoms with van der Waals surface area (Å²) in [5.74, 6) is 0.588. The molecule has 2 rings (SSSR count). The van der Waals surface area contributed by atoms with Crippen LogP contribution in [0.4, 0.5) is 5.82 Å². The Kier molecular flexibility index (Phi) is 4.06. The number of aryl methyl sites for hydroxylation is 1. The van der Waals surface area contributed by atoms with Crippen molar-refractivity contribution in [2.75, 3.05) is 19.8 Å². The molecule has 21 heavy (non-hydrogen) atoms. The third kappa shape index (κ3) is 2.93. The van der Waals surface area contributed by atoms with E-state index >= 15 is 0 Å². The van der Waals surface area contributed by atoms with Crippen LogP contribution in [0.3, 0.4) is 0 Å². The van der Waals surface area contributed by atoms with Gasteiger partial charge in [-0.25, -0.2) is 17.4 Å². The largest absolute Gasteiger partial charge is 0.384 e. The van der Waals surface area contributed by atoms with E-state index in [0.717, 1.165) is 11.3 Å². The number of nitrogens with two attached hydrogens (primary N) is 1. The number of hydrogen-bond donors (Lipinski definition) is 1. The standard InChI is InChI=1S/C14H20N4O2S/c1-10-9-14(15)18(16-10)11(2)12-5-7-13(8-6-12)21(19,20)17(3)4/h5-9,11H,15H2,1-4H3. The lowest BCUT2D eigenvalue weighted by Crippen LogP contribution is -2.22. The van der Waals surface area contributed by atoms with Gasteiger partial charge >= 0.3 is 0 Å². The van der Waals surface area contributed by atoms with Crippen LogP contribution >= 0.6 is 0 Å². The zero-order valence-electron chi connectivity index (χ0n) is 12.6. The molecule has 114 valence electrons. The molecule has 0 saturated heterocycles. The molecule has 7 heteroatoms. The SMILES string of the molecule is Cc1cc(N)n(C(C)c2ccc(S(=O)(=O)N(C)C)cc2)n1. The van der Waals surface area contributed by atoms with Crippen LogP contribution in [0.5, 0.6) is 0 Å². The number of benzene rings is 1. The van der Waals surface area contributed by atoms with E-state index in [1.54, 1.807) is 35.0 Å². The van der Waals surface area contributed by atoms with Crippen molar-refractivity contribution in [2.45, 2.75) is 24.8 Å². The smallest absolute Gasteiger partial charge is 0.242 e. The number of nitrogen functional groups attached to an aromatic ring is 1. The van der Waals surface area contributed by atoms with Crippen LogP contribution in [-0.2, 0) is 10.0 Å². The molecule has 0 aliphatic carbocycles. The van der Waals surface area contributed by atoms with Crippen LogP contribution < -0.4 is 5.73 Å². The van der Waals surface area contributed by atoms with Crippen LogP contribution in [0.15, 0.2) is 35.2 Å². The fourth-order valence-corrected chi connectivity index (χ4v) is 3.02. The molecule has 0 saturated carbocycles. The van der Waals surface area contributed by atoms with Gasteiger partial charge in [0.1, 0.15) is 5.82 Å². The van der Waals surface area contributed by atoms with E-state index in [-0.39, 0.29) is 10.9 Å². The third-order valence-corrected chi connectivity index (χ3v) is 5.22. The highest BCUT2D eigenvalue weighted by Crippen LogP contribution is 2.23. The van der Waals surface area contributed by atoms with E-state index in [1.807, 2.05) is 13.8 Å². The normalized spacial score (nSPS) is 13.6. The minimum absolute atomic E-state index is 0.0604. The summed E-state index contributed by atoms with van der Waals surface area (Å²) in [4.78, 5) is 0.271. The molecule has 1 aromatic carbocycles. The second-order valence-electron chi connectivity index (χ2n) is 5.19. The predicted molar refractivity (Wildman–Crippen MR) is 82.5 cm³/mol. The maximum absolute atomic E-state index is 12.0. The fourth-order valence-electron chi connectivity index (χ4n) is 2.12. The maximum atomic E-state index is 12.0. The quantitative estimate of drug-likeness (QED) is 0.931. The first-order valence-corrected chi connectivity index (χ1v) is 8.01. The molecular weight excluding hydrogens is 288 g/mol. The van der Waals surface area contributed by atoms with Gasteiger partial charge in [-0.1, -0.05) is 12.1 Å². The highest BCUT2D eigenvalue weighted by Gasteiger charge is 2.18. The molecule has 0 amide bonds. The zero-order chi connectivity index (χ0) is 15.8. The number of hydrogen-bond acceptors (Lipinski definition) is 4. The Morgan fingerprint density at radius 1 is 1.24 bits per heavy atom. The van der Waals surface area contributed by atoms with Crippen LogP contribution in [0.2, 0.25) is 0 Å². The molecule has 0 aliphatic rings. The van der Waals surface area contributed by atoms with Gasteiger partial charge in [-0.3, -0.25) is 0 Å². The van der Waals surface area contributed by atoms with Crippen molar-refractivity contribution in [3.8, 4) is 0 Å². The highest BCUT2D eigenvalue weighted by molar-refractivity contribution is 7.89. The molecule has 0 bridgehead atoms. The van der Waals surface area contributed by atoms with Gasteiger partial charge in [-0.2, -0.15) is 5.10 Å². The predicted octanol–water partition coefficient (Wildman–Crippen LogP) is 1.63. The summed E-state index contributed by atoms with van der Waals surface area (Å²) < 4.78 is 27.0. The van der Waals surface area contributed by atoms with Crippen molar-refractivity contribution in [1.29, 1.82) is 0 Å². The van der Waals surface area contributed by atoms with Crippen LogP contribution in [0.1, 0.15) is 24.2 Å². The topological polar surface area (TPSA) is 81.2 Å². The molecule has 6 nitrogen and oxygen atoms in total. The Morgan fingerprint density at radius 2 is 1.81 bits per heavy atom. The average Bonchev–Trinajstić information content (AvgIpc) is 2.77. The number of nitrogens with zero attached hydrogens (tertiary/aromatic N) is 3. The minimum atomic E-state index is -3.40. The molecule has 0 aliphatic heterocycles. The van der Waals surface area contributed by atoms with Gasteiger partial charge in [0.2, 0.25) is 10.0 Å². The minimum Gasteiger partial charge on any atom is -0.384 e. The zero-order valence-corrected chi connectivity index (χ0v) is 13.4. The summed E-state index contributed by atoms with van der Waals surface area (Å²) in [7, 11) is -0.376. The summed E-state index contributed by atoms with van der Waals surface area (Å²) in [5, 5.41) is 4.35. The van der Waals surface area contributed by atoms with Crippen molar-refractivity contribution in [2.24, 2.45) is 0 Å². The molecule has 1 aromatic heterocycles. The summed E-state index contributed by atoms with van der Waals surface area (Å²) >= 11 is 0. The van der Waals surface area contributed by atoms with E-state index in [9.17, 15) is 8.42 Å². The Labute approximate surface area is 125 Å². The Hall–Kier alpha value is -1.86. The lowest BCUT2D eigenvalue weighted by molar-refractivity contribution is 0.520. The fraction of sp³-hybridized carbons (Fsp3) is 0.357. The second kappa shape index (κ2) is 5.50. The van der Waals surface area contributed by atoms with Crippen molar-refractivity contribution in [3.63, 3.8) is 0 Å². The molecular formula is C14H20N4O2S. The van der Waals surface area contributed by atoms with E-state index in [1.165, 1.54) is 18.4 Å². The highest BCUT2D eigenvalue weighted by atomic mass is 32.2. The molecule has 0 spiro atoms. The van der Waals surface area contributed by atoms with Crippen LogP contribution in [0.25, 0.3) is 0 Å². The Morgan fingerprint density at radius 3 is 2.24 bits per heavy atom. The first kappa shape index (κ1) is 15.5. The number of sulfonamides is 1. The lowest BCUT2D eigenvalue weighted by Gasteiger charge is -2.16. The second-order valence-corrected chi connectivity index (χ2v) is 7.34. The summed E-state index contributed by atoms with van der Waals surface area (Å²) in [6, 6.07) is 8.53. The van der Waals surface area contributed by atoms with Gasteiger partial charge < -0.3 is 5.73 Å². The lowest BCUT2D eigenvalue weighted by atomic mass is 10.1. The van der Waals surface area contributed by atoms with Crippen LogP contribution in [-0.4, -0.2) is 36.6 Å². The Balaban J connectivity index is 2.33. The maximum Gasteiger partial charge on any atom is 0.242 e. The summed E-state index contributed by atoms with van der Waals surface area (Å²) in [5.41, 5.74) is 7.72. The van der Waals surface area contributed by atoms with Crippen molar-refractivity contribution in [3.05, 3.63) is 41.6 Å². The van der Waals surface area contributed by atoms with E-state index < -0.39 is 10.0 Å². The van der Waals surface area contributed by atoms with Gasteiger partial charge in [0.05, 0.1) is 16.6 Å². The number of rotatable bonds is 4. The molecule has 1 atom stereocenters. The average molecular weight is 308 g/mol.